The fourth-order valence-electron chi connectivity index (χ4n) is 3.61. The number of urea groups is 1. The first-order valence-corrected chi connectivity index (χ1v) is 9.11. The second-order valence-electron chi connectivity index (χ2n) is 6.90. The Balaban J connectivity index is 1.37. The largest absolute Gasteiger partial charge is 0.481 e. The molecule has 2 aromatic rings. The van der Waals surface area contributed by atoms with Crippen LogP contribution in [-0.4, -0.2) is 48.6 Å². The topological polar surface area (TPSA) is 74.8 Å². The Bertz CT molecular complexity index is 848. The van der Waals surface area contributed by atoms with Gasteiger partial charge in [0.25, 0.3) is 5.91 Å². The zero-order valence-corrected chi connectivity index (χ0v) is 15.2. The minimum absolute atomic E-state index is 0.0173. The maximum atomic E-state index is 12.6. The van der Waals surface area contributed by atoms with E-state index >= 15 is 0 Å². The molecular weight excluding hydrogens is 344 g/mol. The number of pyridine rings is 1. The van der Waals surface area contributed by atoms with E-state index in [2.05, 4.69) is 22.4 Å². The normalized spacial score (nSPS) is 17.3. The molecule has 7 nitrogen and oxygen atoms in total. The van der Waals surface area contributed by atoms with Crippen LogP contribution in [0.25, 0.3) is 0 Å². The Morgan fingerprint density at radius 1 is 1.19 bits per heavy atom. The Labute approximate surface area is 157 Å². The zero-order valence-electron chi connectivity index (χ0n) is 15.2. The summed E-state index contributed by atoms with van der Waals surface area (Å²) >= 11 is 0. The van der Waals surface area contributed by atoms with Gasteiger partial charge in [-0.15, -0.1) is 0 Å². The van der Waals surface area contributed by atoms with E-state index in [1.807, 2.05) is 17.3 Å². The van der Waals surface area contributed by atoms with Crippen molar-refractivity contribution in [3.8, 4) is 5.75 Å². The quantitative estimate of drug-likeness (QED) is 0.887. The number of aromatic nitrogens is 1. The number of amides is 3. The molecule has 4 rings (SSSR count). The van der Waals surface area contributed by atoms with Crippen LogP contribution in [0, 0.1) is 0 Å². The van der Waals surface area contributed by atoms with E-state index in [9.17, 15) is 9.59 Å². The Morgan fingerprint density at radius 3 is 2.67 bits per heavy atom. The van der Waals surface area contributed by atoms with Gasteiger partial charge in [-0.3, -0.25) is 9.78 Å². The lowest BCUT2D eigenvalue weighted by Gasteiger charge is -2.32. The van der Waals surface area contributed by atoms with E-state index in [1.54, 1.807) is 30.1 Å². The molecule has 0 bridgehead atoms. The molecule has 3 amide bonds. The molecule has 0 radical (unpaired) electrons. The number of ether oxygens (including phenoxy) is 1. The number of anilines is 2. The highest BCUT2D eigenvalue weighted by Gasteiger charge is 2.25. The predicted molar refractivity (Wildman–Crippen MR) is 102 cm³/mol. The number of nitrogens with zero attached hydrogens (tertiary/aromatic N) is 3. The van der Waals surface area contributed by atoms with Crippen LogP contribution in [0.15, 0.2) is 42.7 Å². The average molecular weight is 366 g/mol. The van der Waals surface area contributed by atoms with Crippen LogP contribution in [0.4, 0.5) is 16.2 Å². The molecule has 140 valence electrons. The van der Waals surface area contributed by atoms with Gasteiger partial charge < -0.3 is 19.9 Å². The van der Waals surface area contributed by atoms with E-state index in [0.717, 1.165) is 25.9 Å². The lowest BCUT2D eigenvalue weighted by molar-refractivity contribution is -0.120. The Morgan fingerprint density at radius 2 is 1.93 bits per heavy atom. The molecule has 0 aliphatic carbocycles. The molecule has 0 atom stereocenters. The van der Waals surface area contributed by atoms with Crippen LogP contribution in [-0.2, 0) is 4.79 Å². The number of likely N-dealkylation sites (N-methyl/N-ethyl adjacent to an activating group) is 1. The van der Waals surface area contributed by atoms with Gasteiger partial charge in [-0.25, -0.2) is 4.79 Å². The van der Waals surface area contributed by atoms with Crippen molar-refractivity contribution in [3.05, 3.63) is 48.3 Å². The van der Waals surface area contributed by atoms with Crippen molar-refractivity contribution in [1.82, 2.24) is 9.88 Å². The van der Waals surface area contributed by atoms with Crippen LogP contribution in [0.5, 0.6) is 5.75 Å². The van der Waals surface area contributed by atoms with Crippen LogP contribution >= 0.6 is 0 Å². The van der Waals surface area contributed by atoms with Crippen molar-refractivity contribution < 1.29 is 14.3 Å². The van der Waals surface area contributed by atoms with Crippen LogP contribution < -0.4 is 15.0 Å². The fourth-order valence-corrected chi connectivity index (χ4v) is 3.61. The summed E-state index contributed by atoms with van der Waals surface area (Å²) in [5.41, 5.74) is 2.66. The lowest BCUT2D eigenvalue weighted by Crippen LogP contribution is -2.40. The average Bonchev–Trinajstić information content (AvgIpc) is 2.71. The van der Waals surface area contributed by atoms with Crippen molar-refractivity contribution in [1.29, 1.82) is 0 Å². The summed E-state index contributed by atoms with van der Waals surface area (Å²) in [5.74, 6) is 0.991. The van der Waals surface area contributed by atoms with Crippen molar-refractivity contribution in [2.75, 3.05) is 37.0 Å². The second-order valence-corrected chi connectivity index (χ2v) is 6.90. The highest BCUT2D eigenvalue weighted by molar-refractivity contribution is 5.98. The summed E-state index contributed by atoms with van der Waals surface area (Å²) in [6, 6.07) is 9.34. The van der Waals surface area contributed by atoms with Gasteiger partial charge in [0, 0.05) is 44.3 Å². The Kier molecular flexibility index (Phi) is 4.66. The van der Waals surface area contributed by atoms with Crippen molar-refractivity contribution in [2.45, 2.75) is 18.8 Å². The minimum Gasteiger partial charge on any atom is -0.481 e. The molecule has 1 N–H and O–H groups in total. The number of fused-ring (bicyclic) bond motifs is 1. The smallest absolute Gasteiger partial charge is 0.321 e. The van der Waals surface area contributed by atoms with Crippen LogP contribution in [0.1, 0.15) is 24.3 Å². The molecule has 2 aliphatic rings. The standard InChI is InChI=1S/C20H22N4O3/c1-23-17-3-2-16(12-18(17)27-13-19(23)25)22-20(26)24-10-6-15(7-11-24)14-4-8-21-9-5-14/h2-5,8-9,12,15H,6-7,10-11,13H2,1H3,(H,22,26). The maximum absolute atomic E-state index is 12.6. The van der Waals surface area contributed by atoms with E-state index < -0.39 is 0 Å². The molecule has 0 saturated carbocycles. The van der Waals surface area contributed by atoms with Crippen LogP contribution in [0.2, 0.25) is 0 Å². The molecule has 3 heterocycles. The molecular formula is C20H22N4O3. The molecule has 1 aromatic heterocycles. The van der Waals surface area contributed by atoms with Gasteiger partial charge in [0.2, 0.25) is 0 Å². The van der Waals surface area contributed by atoms with Gasteiger partial charge in [0.15, 0.2) is 6.61 Å². The number of nitrogens with one attached hydrogen (secondary N) is 1. The van der Waals surface area contributed by atoms with E-state index in [1.165, 1.54) is 5.56 Å². The summed E-state index contributed by atoms with van der Waals surface area (Å²) in [6.45, 7) is 1.46. The van der Waals surface area contributed by atoms with E-state index in [0.29, 0.717) is 23.0 Å². The van der Waals surface area contributed by atoms with Crippen molar-refractivity contribution >= 4 is 23.3 Å². The van der Waals surface area contributed by atoms with Gasteiger partial charge >= 0.3 is 6.03 Å². The summed E-state index contributed by atoms with van der Waals surface area (Å²) in [7, 11) is 1.72. The number of likely N-dealkylation sites (tertiary alicyclic amines) is 1. The molecule has 7 heteroatoms. The van der Waals surface area contributed by atoms with Gasteiger partial charge in [0.05, 0.1) is 5.69 Å². The molecule has 1 aromatic carbocycles. The van der Waals surface area contributed by atoms with Crippen molar-refractivity contribution in [3.63, 3.8) is 0 Å². The van der Waals surface area contributed by atoms with Crippen LogP contribution in [0.3, 0.4) is 0 Å². The molecule has 2 aliphatic heterocycles. The number of carbonyl (C=O) groups excluding carboxylic acids is 2. The molecule has 0 unspecified atom stereocenters. The van der Waals surface area contributed by atoms with Gasteiger partial charge in [0.1, 0.15) is 5.75 Å². The fraction of sp³-hybridized carbons (Fsp3) is 0.350. The third kappa shape index (κ3) is 3.58. The summed E-state index contributed by atoms with van der Waals surface area (Å²) in [4.78, 5) is 31.7. The summed E-state index contributed by atoms with van der Waals surface area (Å²) in [5, 5.41) is 2.94. The summed E-state index contributed by atoms with van der Waals surface area (Å²) in [6.07, 6.45) is 5.52. The number of piperidine rings is 1. The third-order valence-electron chi connectivity index (χ3n) is 5.26. The molecule has 1 fully saturated rings. The first kappa shape index (κ1) is 17.3. The lowest BCUT2D eigenvalue weighted by atomic mass is 9.90. The number of hydrogen-bond acceptors (Lipinski definition) is 4. The van der Waals surface area contributed by atoms with Gasteiger partial charge in [-0.05, 0) is 48.6 Å². The van der Waals surface area contributed by atoms with Gasteiger partial charge in [-0.1, -0.05) is 0 Å². The number of benzene rings is 1. The highest BCUT2D eigenvalue weighted by Crippen LogP contribution is 2.34. The number of hydrogen-bond donors (Lipinski definition) is 1. The monoisotopic (exact) mass is 366 g/mol. The summed E-state index contributed by atoms with van der Waals surface area (Å²) < 4.78 is 5.48. The first-order valence-electron chi connectivity index (χ1n) is 9.11. The van der Waals surface area contributed by atoms with Crippen molar-refractivity contribution in [2.24, 2.45) is 0 Å². The zero-order chi connectivity index (χ0) is 18.8. The maximum Gasteiger partial charge on any atom is 0.321 e. The number of carbonyl (C=O) groups is 2. The van der Waals surface area contributed by atoms with E-state index in [4.69, 9.17) is 4.74 Å². The Hall–Kier alpha value is -3.09. The van der Waals surface area contributed by atoms with Gasteiger partial charge in [-0.2, -0.15) is 0 Å². The molecule has 0 spiro atoms. The predicted octanol–water partition coefficient (Wildman–Crippen LogP) is 2.85. The molecule has 27 heavy (non-hydrogen) atoms. The third-order valence-corrected chi connectivity index (χ3v) is 5.26. The second kappa shape index (κ2) is 7.26. The minimum atomic E-state index is -0.108. The first-order chi connectivity index (χ1) is 13.1. The van der Waals surface area contributed by atoms with E-state index in [-0.39, 0.29) is 18.5 Å². The highest BCUT2D eigenvalue weighted by atomic mass is 16.5. The molecule has 1 saturated heterocycles. The SMILES string of the molecule is CN1C(=O)COc2cc(NC(=O)N3CCC(c4ccncc4)CC3)ccc21. The number of rotatable bonds is 2.